The summed E-state index contributed by atoms with van der Waals surface area (Å²) in [5.74, 6) is 0.300. The highest BCUT2D eigenvalue weighted by atomic mass is 16.5. The summed E-state index contributed by atoms with van der Waals surface area (Å²) < 4.78 is 22.0. The van der Waals surface area contributed by atoms with Crippen LogP contribution in [-0.2, 0) is 14.3 Å². The fourth-order valence-corrected chi connectivity index (χ4v) is 5.24. The summed E-state index contributed by atoms with van der Waals surface area (Å²) in [5.41, 5.74) is 3.84. The van der Waals surface area contributed by atoms with Crippen LogP contribution in [0.25, 0.3) is 0 Å². The number of hydrogen-bond acceptors (Lipinski definition) is 7. The molecule has 0 bridgehead atoms. The van der Waals surface area contributed by atoms with Crippen molar-refractivity contribution in [1.29, 1.82) is 0 Å². The van der Waals surface area contributed by atoms with Gasteiger partial charge in [-0.3, -0.25) is 14.6 Å². The van der Waals surface area contributed by atoms with Crippen LogP contribution in [0, 0.1) is 5.92 Å². The van der Waals surface area contributed by atoms with E-state index in [1.54, 1.807) is 27.4 Å². The van der Waals surface area contributed by atoms with Gasteiger partial charge >= 0.3 is 5.97 Å². The van der Waals surface area contributed by atoms with Crippen LogP contribution in [0.5, 0.6) is 17.2 Å². The number of carbonyl (C=O) groups is 2. The monoisotopic (exact) mass is 505 g/mol. The Hall–Kier alpha value is -3.61. The molecule has 37 heavy (non-hydrogen) atoms. The second-order valence-corrected chi connectivity index (χ2v) is 9.64. The third-order valence-electron chi connectivity index (χ3n) is 7.39. The van der Waals surface area contributed by atoms with Crippen LogP contribution in [-0.4, -0.2) is 44.9 Å². The fourth-order valence-electron chi connectivity index (χ4n) is 5.24. The number of nitrogens with zero attached hydrogens (tertiary/aromatic N) is 1. The lowest BCUT2D eigenvalue weighted by molar-refractivity contribution is -0.151. The van der Waals surface area contributed by atoms with Crippen molar-refractivity contribution in [3.05, 3.63) is 64.9 Å². The second kappa shape index (κ2) is 11.2. The predicted octanol–water partition coefficient (Wildman–Crippen LogP) is 5.63. The lowest BCUT2D eigenvalue weighted by atomic mass is 9.69. The molecule has 0 radical (unpaired) electrons. The van der Waals surface area contributed by atoms with Crippen LogP contribution in [0.2, 0.25) is 0 Å². The minimum absolute atomic E-state index is 0.000516. The maximum atomic E-state index is 13.8. The maximum absolute atomic E-state index is 13.8. The van der Waals surface area contributed by atoms with Gasteiger partial charge in [0.1, 0.15) is 11.7 Å². The van der Waals surface area contributed by atoms with Gasteiger partial charge in [-0.15, -0.1) is 0 Å². The number of carbonyl (C=O) groups excluding carboxylic acids is 2. The summed E-state index contributed by atoms with van der Waals surface area (Å²) in [7, 11) is 4.78. The van der Waals surface area contributed by atoms with Gasteiger partial charge < -0.3 is 18.9 Å². The molecular weight excluding hydrogens is 470 g/mol. The van der Waals surface area contributed by atoms with Gasteiger partial charge in [-0.2, -0.15) is 0 Å². The van der Waals surface area contributed by atoms with Crippen LogP contribution >= 0.6 is 0 Å². The van der Waals surface area contributed by atoms with E-state index in [0.717, 1.165) is 22.6 Å². The molecule has 0 fully saturated rings. The average Bonchev–Trinajstić information content (AvgIpc) is 2.91. The van der Waals surface area contributed by atoms with E-state index in [1.165, 1.54) is 0 Å². The minimum atomic E-state index is -0.702. The van der Waals surface area contributed by atoms with Crippen LogP contribution < -0.4 is 14.2 Å². The molecule has 1 unspecified atom stereocenters. The molecule has 2 aromatic carbocycles. The van der Waals surface area contributed by atoms with Crippen LogP contribution in [0.1, 0.15) is 63.0 Å². The van der Waals surface area contributed by atoms with Gasteiger partial charge in [-0.1, -0.05) is 25.1 Å². The molecule has 0 N–H and O–H groups in total. The number of benzene rings is 2. The van der Waals surface area contributed by atoms with E-state index in [2.05, 4.69) is 0 Å². The van der Waals surface area contributed by atoms with Crippen LogP contribution in [0.4, 0.5) is 0 Å². The quantitative estimate of drug-likeness (QED) is 0.433. The zero-order valence-electron chi connectivity index (χ0n) is 22.4. The summed E-state index contributed by atoms with van der Waals surface area (Å²) in [6, 6.07) is 13.4. The van der Waals surface area contributed by atoms with Gasteiger partial charge in [0.2, 0.25) is 0 Å². The van der Waals surface area contributed by atoms with Gasteiger partial charge in [0, 0.05) is 29.3 Å². The normalized spacial score (nSPS) is 22.1. The number of hydrogen-bond donors (Lipinski definition) is 0. The van der Waals surface area contributed by atoms with Crippen molar-refractivity contribution in [3.8, 4) is 17.2 Å². The van der Waals surface area contributed by atoms with Crippen molar-refractivity contribution in [1.82, 2.24) is 0 Å². The summed E-state index contributed by atoms with van der Waals surface area (Å²) in [5, 5.41) is 0. The fraction of sp³-hybridized carbons (Fsp3) is 0.433. The van der Waals surface area contributed by atoms with Crippen molar-refractivity contribution in [2.24, 2.45) is 10.9 Å². The molecule has 0 saturated carbocycles. The standard InChI is InChI=1S/C30H35NO6/c1-7-17(2)37-30(33)27-18(3)31-23-14-21(19-8-11-22(34-4)12-9-19)15-24(32)29(23)28(27)20-10-13-25(35-5)26(16-20)36-6/h8-13,16-17,21,27-28H,7,14-15H2,1-6H3/t17-,21+,27?,28-/m0/s1. The highest BCUT2D eigenvalue weighted by Gasteiger charge is 2.45. The number of rotatable bonds is 8. The lowest BCUT2D eigenvalue weighted by Crippen LogP contribution is -2.39. The molecule has 1 heterocycles. The SMILES string of the molecule is CC[C@H](C)OC(=O)C1C(C)=NC2=C(C(=O)C[C@H](c3ccc(OC)cc3)C2)[C@H]1c1ccc(OC)c(OC)c1. The van der Waals surface area contributed by atoms with Gasteiger partial charge in [0.05, 0.1) is 27.4 Å². The van der Waals surface area contributed by atoms with E-state index in [4.69, 9.17) is 23.9 Å². The van der Waals surface area contributed by atoms with E-state index in [-0.39, 0.29) is 23.8 Å². The van der Waals surface area contributed by atoms with Crippen LogP contribution in [0.3, 0.4) is 0 Å². The maximum Gasteiger partial charge on any atom is 0.315 e. The first kappa shape index (κ1) is 26.5. The van der Waals surface area contributed by atoms with Crippen LogP contribution in [0.15, 0.2) is 58.7 Å². The molecule has 4 atom stereocenters. The topological polar surface area (TPSA) is 83.4 Å². The summed E-state index contributed by atoms with van der Waals surface area (Å²) >= 11 is 0. The van der Waals surface area contributed by atoms with Crippen molar-refractivity contribution in [3.63, 3.8) is 0 Å². The number of allylic oxidation sites excluding steroid dienone is 2. The summed E-state index contributed by atoms with van der Waals surface area (Å²) in [4.78, 5) is 32.1. The first-order valence-corrected chi connectivity index (χ1v) is 12.7. The molecule has 196 valence electrons. The molecule has 7 nitrogen and oxygen atoms in total. The molecular formula is C30H35NO6. The minimum Gasteiger partial charge on any atom is -0.497 e. The van der Waals surface area contributed by atoms with E-state index in [0.29, 0.717) is 42.0 Å². The number of esters is 1. The molecule has 0 spiro atoms. The Morgan fingerprint density at radius 3 is 2.27 bits per heavy atom. The summed E-state index contributed by atoms with van der Waals surface area (Å²) in [6.07, 6.45) is 1.42. The van der Waals surface area contributed by atoms with E-state index in [1.807, 2.05) is 57.2 Å². The van der Waals surface area contributed by atoms with Gasteiger partial charge in [0.25, 0.3) is 0 Å². The Morgan fingerprint density at radius 2 is 1.65 bits per heavy atom. The van der Waals surface area contributed by atoms with Crippen molar-refractivity contribution in [2.45, 2.75) is 58.0 Å². The number of methoxy groups -OCH3 is 3. The molecule has 7 heteroatoms. The first-order chi connectivity index (χ1) is 17.8. The molecule has 0 saturated heterocycles. The van der Waals surface area contributed by atoms with Gasteiger partial charge in [-0.25, -0.2) is 0 Å². The molecule has 4 rings (SSSR count). The highest BCUT2D eigenvalue weighted by molar-refractivity contribution is 6.09. The molecule has 2 aromatic rings. The predicted molar refractivity (Wildman–Crippen MR) is 142 cm³/mol. The van der Waals surface area contributed by atoms with E-state index in [9.17, 15) is 9.59 Å². The first-order valence-electron chi connectivity index (χ1n) is 12.7. The van der Waals surface area contributed by atoms with E-state index >= 15 is 0 Å². The molecule has 0 aromatic heterocycles. The summed E-state index contributed by atoms with van der Waals surface area (Å²) in [6.45, 7) is 5.69. The smallest absolute Gasteiger partial charge is 0.315 e. The second-order valence-electron chi connectivity index (χ2n) is 9.64. The Labute approximate surface area is 218 Å². The molecule has 2 aliphatic rings. The lowest BCUT2D eigenvalue weighted by Gasteiger charge is -2.37. The average molecular weight is 506 g/mol. The Bertz CT molecular complexity index is 1230. The van der Waals surface area contributed by atoms with Gasteiger partial charge in [-0.05, 0) is 68.0 Å². The Kier molecular flexibility index (Phi) is 8.00. The Morgan fingerprint density at radius 1 is 0.973 bits per heavy atom. The Balaban J connectivity index is 1.79. The van der Waals surface area contributed by atoms with Crippen molar-refractivity contribution < 1.29 is 28.5 Å². The van der Waals surface area contributed by atoms with Gasteiger partial charge in [0.15, 0.2) is 17.3 Å². The largest absolute Gasteiger partial charge is 0.497 e. The van der Waals surface area contributed by atoms with Crippen molar-refractivity contribution in [2.75, 3.05) is 21.3 Å². The third kappa shape index (κ3) is 5.26. The number of ketones is 1. The molecule has 1 aliphatic carbocycles. The number of Topliss-reactive ketones (excluding diaryl/α,β-unsaturated/α-hetero) is 1. The number of aliphatic imine (C=N–C) groups is 1. The zero-order valence-corrected chi connectivity index (χ0v) is 22.4. The molecule has 0 amide bonds. The third-order valence-corrected chi connectivity index (χ3v) is 7.39. The van der Waals surface area contributed by atoms with Crippen molar-refractivity contribution >= 4 is 17.5 Å². The number of ether oxygens (including phenoxy) is 4. The zero-order chi connectivity index (χ0) is 26.7. The molecule has 1 aliphatic heterocycles. The van der Waals surface area contributed by atoms with E-state index < -0.39 is 11.8 Å². The highest BCUT2D eigenvalue weighted by Crippen LogP contribution is 2.48.